The predicted molar refractivity (Wildman–Crippen MR) is 58.7 cm³/mol. The van der Waals surface area contributed by atoms with Gasteiger partial charge < -0.3 is 4.18 Å². The van der Waals surface area contributed by atoms with Crippen molar-refractivity contribution in [2.45, 2.75) is 25.5 Å². The summed E-state index contributed by atoms with van der Waals surface area (Å²) in [5.74, 6) is 0.587. The van der Waals surface area contributed by atoms with Crippen molar-refractivity contribution >= 4 is 18.0 Å². The first kappa shape index (κ1) is 11.1. The minimum absolute atomic E-state index is 0.131. The van der Waals surface area contributed by atoms with E-state index >= 15 is 0 Å². The highest BCUT2D eigenvalue weighted by molar-refractivity contribution is 7.94. The molecule has 0 aliphatic rings. The van der Waals surface area contributed by atoms with Gasteiger partial charge in [-0.15, -0.1) is 0 Å². The first-order valence-electron chi connectivity index (χ1n) is 4.69. The van der Waals surface area contributed by atoms with E-state index in [-0.39, 0.29) is 5.97 Å². The lowest BCUT2D eigenvalue weighted by atomic mass is 10.2. The van der Waals surface area contributed by atoms with Crippen LogP contribution < -0.4 is 0 Å². The van der Waals surface area contributed by atoms with Gasteiger partial charge in [-0.2, -0.15) is 0 Å². The topological polar surface area (TPSA) is 26.3 Å². The van der Waals surface area contributed by atoms with Crippen molar-refractivity contribution in [3.05, 3.63) is 35.9 Å². The van der Waals surface area contributed by atoms with Gasteiger partial charge in [0.1, 0.15) is 0 Å². The van der Waals surface area contributed by atoms with Gasteiger partial charge in [0, 0.05) is 6.42 Å². The molecule has 0 unspecified atom stereocenters. The lowest BCUT2D eigenvalue weighted by molar-refractivity contribution is -0.133. The number of benzene rings is 1. The molecule has 3 heteroatoms. The van der Waals surface area contributed by atoms with Gasteiger partial charge in [-0.1, -0.05) is 37.3 Å². The largest absolute Gasteiger partial charge is 0.391 e. The maximum absolute atomic E-state index is 11.0. The van der Waals surface area contributed by atoms with Gasteiger partial charge in [0.2, 0.25) is 0 Å². The summed E-state index contributed by atoms with van der Waals surface area (Å²) >= 11 is 1.20. The summed E-state index contributed by atoms with van der Waals surface area (Å²) in [7, 11) is 0. The highest BCUT2D eigenvalue weighted by Gasteiger charge is 2.01. The monoisotopic (exact) mass is 210 g/mol. The van der Waals surface area contributed by atoms with Crippen molar-refractivity contribution in [2.24, 2.45) is 0 Å². The van der Waals surface area contributed by atoms with Crippen LogP contribution in [0.2, 0.25) is 0 Å². The fourth-order valence-electron chi connectivity index (χ4n) is 0.983. The molecule has 0 saturated heterocycles. The smallest absolute Gasteiger partial charge is 0.317 e. The predicted octanol–water partition coefficient (Wildman–Crippen LogP) is 3.18. The summed E-state index contributed by atoms with van der Waals surface area (Å²) in [6, 6.07) is 9.95. The van der Waals surface area contributed by atoms with Crippen LogP contribution in [0.25, 0.3) is 0 Å². The fraction of sp³-hybridized carbons (Fsp3) is 0.364. The van der Waals surface area contributed by atoms with E-state index in [0.29, 0.717) is 6.42 Å². The van der Waals surface area contributed by atoms with Crippen molar-refractivity contribution < 1.29 is 8.98 Å². The van der Waals surface area contributed by atoms with Crippen LogP contribution in [0.15, 0.2) is 30.3 Å². The summed E-state index contributed by atoms with van der Waals surface area (Å²) in [6.45, 7) is 1.96. The van der Waals surface area contributed by atoms with E-state index in [9.17, 15) is 4.79 Å². The first-order valence-corrected chi connectivity index (χ1v) is 5.60. The standard InChI is InChI=1S/C11H14O2S/c1-2-6-11(12)13-14-9-10-7-4-3-5-8-10/h3-5,7-8H,2,6,9H2,1H3. The van der Waals surface area contributed by atoms with E-state index in [4.69, 9.17) is 4.18 Å². The molecule has 0 atom stereocenters. The molecule has 1 aromatic carbocycles. The van der Waals surface area contributed by atoms with Crippen molar-refractivity contribution in [3.8, 4) is 0 Å². The zero-order valence-corrected chi connectivity index (χ0v) is 9.05. The zero-order chi connectivity index (χ0) is 10.2. The van der Waals surface area contributed by atoms with Gasteiger partial charge in [-0.05, 0) is 12.0 Å². The molecule has 1 aromatic rings. The van der Waals surface area contributed by atoms with E-state index in [0.717, 1.165) is 12.2 Å². The van der Waals surface area contributed by atoms with Crippen molar-refractivity contribution in [2.75, 3.05) is 0 Å². The Morgan fingerprint density at radius 3 is 2.71 bits per heavy atom. The SMILES string of the molecule is CCCC(=O)OSCc1ccccc1. The lowest BCUT2D eigenvalue weighted by Crippen LogP contribution is -1.97. The molecule has 0 saturated carbocycles. The second-order valence-corrected chi connectivity index (χ2v) is 3.64. The van der Waals surface area contributed by atoms with Gasteiger partial charge in [0.05, 0.1) is 17.8 Å². The van der Waals surface area contributed by atoms with E-state index in [1.54, 1.807) is 0 Å². The maximum atomic E-state index is 11.0. The van der Waals surface area contributed by atoms with Crippen molar-refractivity contribution in [3.63, 3.8) is 0 Å². The third-order valence-corrected chi connectivity index (χ3v) is 2.43. The third kappa shape index (κ3) is 4.33. The van der Waals surface area contributed by atoms with Gasteiger partial charge >= 0.3 is 5.97 Å². The normalized spacial score (nSPS) is 9.79. The van der Waals surface area contributed by atoms with Crippen LogP contribution in [-0.4, -0.2) is 5.97 Å². The van der Waals surface area contributed by atoms with Crippen molar-refractivity contribution in [1.82, 2.24) is 0 Å². The van der Waals surface area contributed by atoms with Crippen LogP contribution in [0.4, 0.5) is 0 Å². The van der Waals surface area contributed by atoms with Crippen molar-refractivity contribution in [1.29, 1.82) is 0 Å². The van der Waals surface area contributed by atoms with Gasteiger partial charge in [-0.25, -0.2) is 0 Å². The molecule has 0 spiro atoms. The average molecular weight is 210 g/mol. The number of rotatable bonds is 5. The molecule has 0 heterocycles. The summed E-state index contributed by atoms with van der Waals surface area (Å²) in [4.78, 5) is 11.0. The molecule has 0 fully saturated rings. The Bertz CT molecular complexity index is 272. The minimum Gasteiger partial charge on any atom is -0.391 e. The Kier molecular flexibility index (Phi) is 5.15. The fourth-order valence-corrected chi connectivity index (χ4v) is 1.59. The molecule has 1 rings (SSSR count). The molecule has 0 radical (unpaired) electrons. The van der Waals surface area contributed by atoms with Crippen LogP contribution in [0.3, 0.4) is 0 Å². The Hall–Kier alpha value is -0.960. The van der Waals surface area contributed by atoms with Crippen LogP contribution in [0, 0.1) is 0 Å². The van der Waals surface area contributed by atoms with Crippen LogP contribution in [-0.2, 0) is 14.7 Å². The van der Waals surface area contributed by atoms with Crippen LogP contribution in [0.1, 0.15) is 25.3 Å². The first-order chi connectivity index (χ1) is 6.83. The van der Waals surface area contributed by atoms with Gasteiger partial charge in [0.25, 0.3) is 0 Å². The Morgan fingerprint density at radius 1 is 1.36 bits per heavy atom. The summed E-state index contributed by atoms with van der Waals surface area (Å²) in [5.41, 5.74) is 1.17. The quantitative estimate of drug-likeness (QED) is 0.698. The zero-order valence-electron chi connectivity index (χ0n) is 8.23. The second kappa shape index (κ2) is 6.49. The van der Waals surface area contributed by atoms with Gasteiger partial charge in [-0.3, -0.25) is 4.79 Å². The van der Waals surface area contributed by atoms with Gasteiger partial charge in [0.15, 0.2) is 0 Å². The molecule has 0 bridgehead atoms. The molecule has 2 nitrogen and oxygen atoms in total. The Balaban J connectivity index is 2.19. The Labute approximate surface area is 88.9 Å². The van der Waals surface area contributed by atoms with E-state index in [2.05, 4.69) is 0 Å². The van der Waals surface area contributed by atoms with E-state index < -0.39 is 0 Å². The number of carbonyl (C=O) groups is 1. The minimum atomic E-state index is -0.131. The molecule has 14 heavy (non-hydrogen) atoms. The molecule has 0 aliphatic carbocycles. The van der Waals surface area contributed by atoms with E-state index in [1.807, 2.05) is 37.3 Å². The van der Waals surface area contributed by atoms with Crippen LogP contribution in [0.5, 0.6) is 0 Å². The summed E-state index contributed by atoms with van der Waals surface area (Å²) in [5, 5.41) is 0. The highest BCUT2D eigenvalue weighted by Crippen LogP contribution is 2.13. The highest BCUT2D eigenvalue weighted by atomic mass is 32.2. The Morgan fingerprint density at radius 2 is 2.07 bits per heavy atom. The van der Waals surface area contributed by atoms with Crippen LogP contribution >= 0.6 is 12.0 Å². The lowest BCUT2D eigenvalue weighted by Gasteiger charge is -2.01. The maximum Gasteiger partial charge on any atom is 0.317 e. The number of hydrogen-bond acceptors (Lipinski definition) is 3. The summed E-state index contributed by atoms with van der Waals surface area (Å²) in [6.07, 6.45) is 1.34. The molecular weight excluding hydrogens is 196 g/mol. The molecule has 0 aliphatic heterocycles. The molecular formula is C11H14O2S. The third-order valence-electron chi connectivity index (χ3n) is 1.67. The van der Waals surface area contributed by atoms with E-state index in [1.165, 1.54) is 17.6 Å². The second-order valence-electron chi connectivity index (χ2n) is 2.95. The molecule has 0 amide bonds. The molecule has 0 aromatic heterocycles. The molecule has 0 N–H and O–H groups in total. The average Bonchev–Trinajstić information content (AvgIpc) is 2.20. The number of hydrogen-bond donors (Lipinski definition) is 0. The molecule has 76 valence electrons. The summed E-state index contributed by atoms with van der Waals surface area (Å²) < 4.78 is 4.96. The number of carbonyl (C=O) groups excluding carboxylic acids is 1.